The topological polar surface area (TPSA) is 59.0 Å². The van der Waals surface area contributed by atoms with Gasteiger partial charge in [0.1, 0.15) is 11.7 Å². The van der Waals surface area contributed by atoms with Crippen LogP contribution in [0.3, 0.4) is 0 Å². The van der Waals surface area contributed by atoms with Crippen LogP contribution in [0.5, 0.6) is 0 Å². The highest BCUT2D eigenvalue weighted by Crippen LogP contribution is 2.19. The minimum Gasteiger partial charge on any atom is -0.450 e. The molecule has 17 heavy (non-hydrogen) atoms. The monoisotopic (exact) mass is 241 g/mol. The zero-order valence-corrected chi connectivity index (χ0v) is 10.7. The first-order valence-electron chi connectivity index (χ1n) is 5.53. The van der Waals surface area contributed by atoms with Gasteiger partial charge in [0.2, 0.25) is 0 Å². The van der Waals surface area contributed by atoms with E-state index in [1.165, 1.54) is 12.0 Å². The molecule has 1 heterocycles. The maximum Gasteiger partial charge on any atom is 0.410 e. The summed E-state index contributed by atoms with van der Waals surface area (Å²) in [5.41, 5.74) is -0.529. The Morgan fingerprint density at radius 2 is 2.06 bits per heavy atom. The standard InChI is InChI=1S/C12H19NO4/c1-12(2,3)17-11(15)13-7-9(5-6-16-4)10(14)8-13/h9-10,14H,7-8H2,1-4H3/t9-,10-/m1/s1. The molecule has 0 bridgehead atoms. The predicted octanol–water partition coefficient (Wildman–Crippen LogP) is 0.821. The summed E-state index contributed by atoms with van der Waals surface area (Å²) < 4.78 is 9.84. The summed E-state index contributed by atoms with van der Waals surface area (Å²) in [4.78, 5) is 13.2. The van der Waals surface area contributed by atoms with Crippen molar-refractivity contribution in [1.82, 2.24) is 4.90 Å². The molecule has 0 aromatic carbocycles. The van der Waals surface area contributed by atoms with Crippen LogP contribution in [-0.2, 0) is 9.47 Å². The molecule has 1 amide bonds. The van der Waals surface area contributed by atoms with Crippen molar-refractivity contribution < 1.29 is 19.4 Å². The molecule has 5 nitrogen and oxygen atoms in total. The Morgan fingerprint density at radius 3 is 2.59 bits per heavy atom. The Morgan fingerprint density at radius 1 is 1.41 bits per heavy atom. The highest BCUT2D eigenvalue weighted by atomic mass is 16.6. The van der Waals surface area contributed by atoms with Crippen LogP contribution in [0.4, 0.5) is 4.79 Å². The number of aliphatic hydroxyl groups excluding tert-OH is 1. The minimum atomic E-state index is -0.648. The fourth-order valence-electron chi connectivity index (χ4n) is 1.54. The van der Waals surface area contributed by atoms with Crippen molar-refractivity contribution in [1.29, 1.82) is 0 Å². The molecule has 1 saturated heterocycles. The zero-order valence-electron chi connectivity index (χ0n) is 10.7. The number of nitrogens with zero attached hydrogens (tertiary/aromatic N) is 1. The van der Waals surface area contributed by atoms with Crippen LogP contribution >= 0.6 is 0 Å². The molecule has 0 aliphatic carbocycles. The summed E-state index contributed by atoms with van der Waals surface area (Å²) in [6, 6.07) is 0. The van der Waals surface area contributed by atoms with Gasteiger partial charge in [-0.15, -0.1) is 0 Å². The molecule has 1 N–H and O–H groups in total. The first-order chi connectivity index (χ1) is 7.83. The molecule has 96 valence electrons. The van der Waals surface area contributed by atoms with Crippen LogP contribution < -0.4 is 0 Å². The van der Waals surface area contributed by atoms with E-state index >= 15 is 0 Å². The minimum absolute atomic E-state index is 0.248. The Labute approximate surface area is 102 Å². The number of rotatable bonds is 0. The van der Waals surface area contributed by atoms with E-state index in [0.717, 1.165) is 0 Å². The maximum absolute atomic E-state index is 11.7. The number of carbonyl (C=O) groups excluding carboxylic acids is 1. The van der Waals surface area contributed by atoms with Crippen molar-refractivity contribution in [3.63, 3.8) is 0 Å². The van der Waals surface area contributed by atoms with Crippen molar-refractivity contribution in [2.75, 3.05) is 20.2 Å². The van der Waals surface area contributed by atoms with Crippen molar-refractivity contribution in [2.45, 2.75) is 32.5 Å². The van der Waals surface area contributed by atoms with Crippen molar-refractivity contribution in [3.05, 3.63) is 0 Å². The van der Waals surface area contributed by atoms with Crippen LogP contribution in [0.1, 0.15) is 20.8 Å². The molecule has 1 aliphatic rings. The maximum atomic E-state index is 11.7. The molecule has 0 saturated carbocycles. The summed E-state index contributed by atoms with van der Waals surface area (Å²) in [7, 11) is 1.46. The van der Waals surface area contributed by atoms with Gasteiger partial charge in [-0.05, 0) is 20.8 Å². The Bertz CT molecular complexity index is 337. The third-order valence-electron chi connectivity index (χ3n) is 2.29. The Hall–Kier alpha value is -1.41. The first kappa shape index (κ1) is 13.7. The normalized spacial score (nSPS) is 23.9. The largest absolute Gasteiger partial charge is 0.450 e. The molecule has 1 rings (SSSR count). The average molecular weight is 241 g/mol. The fourth-order valence-corrected chi connectivity index (χ4v) is 1.54. The van der Waals surface area contributed by atoms with E-state index in [4.69, 9.17) is 4.74 Å². The van der Waals surface area contributed by atoms with Gasteiger partial charge in [0.05, 0.1) is 25.7 Å². The number of methoxy groups -OCH3 is 1. The summed E-state index contributed by atoms with van der Waals surface area (Å²) in [5.74, 6) is 2.48. The van der Waals surface area contributed by atoms with Crippen LogP contribution in [0.25, 0.3) is 0 Å². The van der Waals surface area contributed by atoms with E-state index in [9.17, 15) is 9.90 Å². The second-order valence-corrected chi connectivity index (χ2v) is 5.01. The van der Waals surface area contributed by atoms with E-state index in [2.05, 4.69) is 16.8 Å². The molecular weight excluding hydrogens is 222 g/mol. The van der Waals surface area contributed by atoms with E-state index < -0.39 is 17.8 Å². The molecule has 0 radical (unpaired) electrons. The smallest absolute Gasteiger partial charge is 0.410 e. The lowest BCUT2D eigenvalue weighted by Crippen LogP contribution is -2.35. The number of hydrogen-bond acceptors (Lipinski definition) is 4. The number of ether oxygens (including phenoxy) is 2. The number of carbonyl (C=O) groups is 1. The van der Waals surface area contributed by atoms with Gasteiger partial charge < -0.3 is 19.5 Å². The molecular formula is C12H19NO4. The van der Waals surface area contributed by atoms with Crippen molar-refractivity contribution in [2.24, 2.45) is 5.92 Å². The fraction of sp³-hybridized carbons (Fsp3) is 0.750. The van der Waals surface area contributed by atoms with Gasteiger partial charge in [-0.3, -0.25) is 0 Å². The average Bonchev–Trinajstić information content (AvgIpc) is 2.54. The Balaban J connectivity index is 2.56. The summed E-state index contributed by atoms with van der Waals surface area (Å²) >= 11 is 0. The van der Waals surface area contributed by atoms with Crippen LogP contribution in [-0.4, -0.2) is 48.0 Å². The van der Waals surface area contributed by atoms with Gasteiger partial charge in [0.25, 0.3) is 0 Å². The number of amides is 1. The van der Waals surface area contributed by atoms with Gasteiger partial charge in [0, 0.05) is 6.54 Å². The quantitative estimate of drug-likeness (QED) is 0.638. The van der Waals surface area contributed by atoms with Crippen LogP contribution in [0.15, 0.2) is 0 Å². The molecule has 1 fully saturated rings. The van der Waals surface area contributed by atoms with E-state index in [1.807, 2.05) is 0 Å². The lowest BCUT2D eigenvalue weighted by Gasteiger charge is -2.24. The van der Waals surface area contributed by atoms with Gasteiger partial charge in [-0.25, -0.2) is 4.79 Å². The highest BCUT2D eigenvalue weighted by Gasteiger charge is 2.35. The summed E-state index contributed by atoms with van der Waals surface area (Å²) in [6.45, 7) is 6.03. The molecule has 2 atom stereocenters. The third kappa shape index (κ3) is 4.16. The van der Waals surface area contributed by atoms with E-state index in [-0.39, 0.29) is 12.5 Å². The van der Waals surface area contributed by atoms with Gasteiger partial charge in [0.15, 0.2) is 0 Å². The molecule has 1 aliphatic heterocycles. The van der Waals surface area contributed by atoms with Crippen molar-refractivity contribution >= 4 is 6.09 Å². The number of aliphatic hydroxyl groups is 1. The van der Waals surface area contributed by atoms with Crippen molar-refractivity contribution in [3.8, 4) is 12.0 Å². The number of hydrogen-bond donors (Lipinski definition) is 1. The van der Waals surface area contributed by atoms with E-state index in [0.29, 0.717) is 6.54 Å². The summed E-state index contributed by atoms with van der Waals surface area (Å²) in [5, 5.41) is 9.73. The van der Waals surface area contributed by atoms with Gasteiger partial charge in [-0.1, -0.05) is 5.92 Å². The van der Waals surface area contributed by atoms with Crippen LogP contribution in [0.2, 0.25) is 0 Å². The molecule has 5 heteroatoms. The third-order valence-corrected chi connectivity index (χ3v) is 2.29. The molecule has 0 aromatic rings. The number of β-amino-alcohol motifs (C(OH)–C–C–N with tert-alkyl or cyclic N) is 1. The van der Waals surface area contributed by atoms with Gasteiger partial charge in [-0.2, -0.15) is 0 Å². The molecule has 0 aromatic heterocycles. The molecule has 0 spiro atoms. The Kier molecular flexibility index (Phi) is 4.24. The summed E-state index contributed by atoms with van der Waals surface area (Å²) in [6.07, 6.45) is 1.37. The zero-order chi connectivity index (χ0) is 13.1. The SMILES string of the molecule is COC#C[C@@H]1CN(C(=O)OC(C)(C)C)C[C@H]1O. The lowest BCUT2D eigenvalue weighted by molar-refractivity contribution is 0.0270. The predicted molar refractivity (Wildman–Crippen MR) is 62.1 cm³/mol. The number of likely N-dealkylation sites (tertiary alicyclic amines) is 1. The van der Waals surface area contributed by atoms with Crippen LogP contribution in [0, 0.1) is 17.9 Å². The van der Waals surface area contributed by atoms with Gasteiger partial charge >= 0.3 is 6.09 Å². The highest BCUT2D eigenvalue weighted by molar-refractivity contribution is 5.68. The van der Waals surface area contributed by atoms with E-state index in [1.54, 1.807) is 20.8 Å². The lowest BCUT2D eigenvalue weighted by atomic mass is 10.1. The second kappa shape index (κ2) is 5.28. The molecule has 0 unspecified atom stereocenters. The second-order valence-electron chi connectivity index (χ2n) is 5.01. The first-order valence-corrected chi connectivity index (χ1v) is 5.53.